The van der Waals surface area contributed by atoms with E-state index in [0.29, 0.717) is 0 Å². The van der Waals surface area contributed by atoms with Crippen LogP contribution in [0.15, 0.2) is 0 Å². The Morgan fingerprint density at radius 2 is 1.67 bits per heavy atom. The SMILES string of the molecule is O=C(COP(=O)(O)O[C@H]1O[C@H](CO)[C@@H](O)[C@H](O)[C@H]1O)[C@@H](O)[C@H](O)[C@H](O)CO. The van der Waals surface area contributed by atoms with Gasteiger partial charge in [-0.3, -0.25) is 13.8 Å². The number of Topliss-reactive ketones (excluding diaryl/α,β-unsaturated/α-hetero) is 1. The summed E-state index contributed by atoms with van der Waals surface area (Å²) in [4.78, 5) is 21.1. The molecule has 1 fully saturated rings. The summed E-state index contributed by atoms with van der Waals surface area (Å²) in [5, 5.41) is 74.4. The van der Waals surface area contributed by atoms with Crippen molar-refractivity contribution in [3.05, 3.63) is 0 Å². The summed E-state index contributed by atoms with van der Waals surface area (Å²) >= 11 is 0. The molecule has 0 amide bonds. The molecule has 14 nitrogen and oxygen atoms in total. The lowest BCUT2D eigenvalue weighted by atomic mass is 10.00. The quantitative estimate of drug-likeness (QED) is 0.149. The van der Waals surface area contributed by atoms with Gasteiger partial charge in [-0.05, 0) is 0 Å². The van der Waals surface area contributed by atoms with Gasteiger partial charge in [0.05, 0.1) is 13.2 Å². The minimum absolute atomic E-state index is 0.822. The van der Waals surface area contributed by atoms with E-state index in [2.05, 4.69) is 9.05 Å². The molecule has 1 aliphatic heterocycles. The lowest BCUT2D eigenvalue weighted by molar-refractivity contribution is -0.281. The first-order valence-corrected chi connectivity index (χ1v) is 9.08. The van der Waals surface area contributed by atoms with Crippen LogP contribution in [0, 0.1) is 0 Å². The molecule has 1 rings (SSSR count). The summed E-state index contributed by atoms with van der Waals surface area (Å²) < 4.78 is 25.4. The number of rotatable bonds is 10. The summed E-state index contributed by atoms with van der Waals surface area (Å²) in [5.74, 6) is -1.35. The second kappa shape index (κ2) is 10.3. The molecule has 0 aromatic carbocycles. The summed E-state index contributed by atoms with van der Waals surface area (Å²) in [7, 11) is -5.12. The number of phosphoric ester groups is 1. The highest BCUT2D eigenvalue weighted by atomic mass is 31.2. The number of carbonyl (C=O) groups is 1. The fraction of sp³-hybridized carbons (Fsp3) is 0.917. The number of ketones is 1. The van der Waals surface area contributed by atoms with Crippen LogP contribution in [0.4, 0.5) is 0 Å². The second-order valence-corrected chi connectivity index (χ2v) is 7.10. The van der Waals surface area contributed by atoms with E-state index in [1.165, 1.54) is 0 Å². The van der Waals surface area contributed by atoms with Gasteiger partial charge in [-0.2, -0.15) is 0 Å². The van der Waals surface area contributed by atoms with E-state index in [9.17, 15) is 39.8 Å². The molecule has 0 radical (unpaired) electrons. The molecule has 15 heteroatoms. The molecule has 1 unspecified atom stereocenters. The average molecular weight is 422 g/mol. The predicted molar refractivity (Wildman–Crippen MR) is 80.7 cm³/mol. The molecule has 9 atom stereocenters. The van der Waals surface area contributed by atoms with Crippen LogP contribution >= 0.6 is 7.82 Å². The normalized spacial score (nSPS) is 34.5. The molecule has 0 aromatic heterocycles. The van der Waals surface area contributed by atoms with Crippen molar-refractivity contribution in [1.82, 2.24) is 0 Å². The van der Waals surface area contributed by atoms with Crippen LogP contribution < -0.4 is 0 Å². The predicted octanol–water partition coefficient (Wildman–Crippen LogP) is -5.44. The Labute approximate surface area is 152 Å². The van der Waals surface area contributed by atoms with E-state index in [0.717, 1.165) is 0 Å². The average Bonchev–Trinajstić information content (AvgIpc) is 2.64. The number of phosphoric acid groups is 1. The second-order valence-electron chi connectivity index (χ2n) is 5.70. The van der Waals surface area contributed by atoms with Gasteiger partial charge in [0.15, 0.2) is 12.1 Å². The lowest BCUT2D eigenvalue weighted by Crippen LogP contribution is -2.58. The van der Waals surface area contributed by atoms with Gasteiger partial charge < -0.3 is 50.5 Å². The van der Waals surface area contributed by atoms with E-state index in [1.54, 1.807) is 0 Å². The van der Waals surface area contributed by atoms with Crippen LogP contribution in [0.25, 0.3) is 0 Å². The van der Waals surface area contributed by atoms with Crippen molar-refractivity contribution in [2.75, 3.05) is 19.8 Å². The van der Waals surface area contributed by atoms with Crippen molar-refractivity contribution >= 4 is 13.6 Å². The number of hydrogen-bond donors (Lipinski definition) is 9. The third kappa shape index (κ3) is 6.47. The number of carbonyl (C=O) groups excluding carboxylic acids is 1. The van der Waals surface area contributed by atoms with Gasteiger partial charge in [0, 0.05) is 0 Å². The summed E-state index contributed by atoms with van der Waals surface area (Å²) in [6.07, 6.45) is -15.3. The maximum Gasteiger partial charge on any atom is 0.475 e. The van der Waals surface area contributed by atoms with Crippen molar-refractivity contribution in [3.8, 4) is 0 Å². The number of ether oxygens (including phenoxy) is 1. The molecule has 27 heavy (non-hydrogen) atoms. The molecule has 1 aliphatic rings. The first-order chi connectivity index (χ1) is 12.4. The third-order valence-electron chi connectivity index (χ3n) is 3.69. The molecule has 0 aliphatic carbocycles. The van der Waals surface area contributed by atoms with E-state index >= 15 is 0 Å². The Bertz CT molecular complexity index is 528. The lowest BCUT2D eigenvalue weighted by Gasteiger charge is -2.39. The minimum atomic E-state index is -5.12. The van der Waals surface area contributed by atoms with Gasteiger partial charge in [0.2, 0.25) is 0 Å². The van der Waals surface area contributed by atoms with Gasteiger partial charge in [0.1, 0.15) is 49.3 Å². The number of hydrogen-bond acceptors (Lipinski definition) is 13. The Hall–Kier alpha value is -0.580. The fourth-order valence-electron chi connectivity index (χ4n) is 2.06. The molecule has 0 saturated carbocycles. The highest BCUT2D eigenvalue weighted by Gasteiger charge is 2.47. The fourth-order valence-corrected chi connectivity index (χ4v) is 2.84. The molecule has 1 saturated heterocycles. The Morgan fingerprint density at radius 1 is 1.07 bits per heavy atom. The zero-order chi connectivity index (χ0) is 20.9. The van der Waals surface area contributed by atoms with Gasteiger partial charge >= 0.3 is 7.82 Å². The van der Waals surface area contributed by atoms with Crippen molar-refractivity contribution in [3.63, 3.8) is 0 Å². The molecule has 1 heterocycles. The van der Waals surface area contributed by atoms with Gasteiger partial charge in [-0.15, -0.1) is 0 Å². The van der Waals surface area contributed by atoms with Crippen LogP contribution in [0.5, 0.6) is 0 Å². The number of aliphatic hydroxyl groups excluding tert-OH is 8. The smallest absolute Gasteiger partial charge is 0.394 e. The van der Waals surface area contributed by atoms with Crippen LogP contribution in [-0.2, 0) is 23.1 Å². The monoisotopic (exact) mass is 422 g/mol. The highest BCUT2D eigenvalue weighted by molar-refractivity contribution is 7.47. The maximum absolute atomic E-state index is 11.8. The molecular formula is C12H23O14P. The largest absolute Gasteiger partial charge is 0.475 e. The van der Waals surface area contributed by atoms with Gasteiger partial charge in [-0.1, -0.05) is 0 Å². The van der Waals surface area contributed by atoms with E-state index in [-0.39, 0.29) is 0 Å². The van der Waals surface area contributed by atoms with E-state index < -0.39 is 82.4 Å². The highest BCUT2D eigenvalue weighted by Crippen LogP contribution is 2.46. The molecule has 0 aromatic rings. The topological polar surface area (TPSA) is 244 Å². The maximum atomic E-state index is 11.8. The van der Waals surface area contributed by atoms with Crippen molar-refractivity contribution < 1.29 is 68.9 Å². The van der Waals surface area contributed by atoms with Crippen LogP contribution in [0.3, 0.4) is 0 Å². The molecule has 0 bridgehead atoms. The Morgan fingerprint density at radius 3 is 2.19 bits per heavy atom. The van der Waals surface area contributed by atoms with Crippen LogP contribution in [0.2, 0.25) is 0 Å². The summed E-state index contributed by atoms with van der Waals surface area (Å²) in [6, 6.07) is 0. The van der Waals surface area contributed by atoms with Crippen LogP contribution in [-0.4, -0.2) is 120 Å². The summed E-state index contributed by atoms with van der Waals surface area (Å²) in [6.45, 7) is -3.07. The first-order valence-electron chi connectivity index (χ1n) is 7.59. The van der Waals surface area contributed by atoms with E-state index in [4.69, 9.17) is 20.1 Å². The van der Waals surface area contributed by atoms with Gasteiger partial charge in [-0.25, -0.2) is 4.57 Å². The Kier molecular flexibility index (Phi) is 9.30. The summed E-state index contributed by atoms with van der Waals surface area (Å²) in [5.41, 5.74) is 0. The molecule has 9 N–H and O–H groups in total. The van der Waals surface area contributed by atoms with Crippen molar-refractivity contribution in [2.45, 2.75) is 49.0 Å². The van der Waals surface area contributed by atoms with Crippen LogP contribution in [0.1, 0.15) is 0 Å². The standard InChI is InChI=1S/C12H23O14P/c13-1-4(15)7(17)8(18)5(16)3-24-27(22,23)26-12-11(21)10(20)9(19)6(2-14)25-12/h4,6-15,17-21H,1-3H2,(H,22,23)/t4-,6-,7-,8-,9-,10+,11-,12-/m1/s1. The number of aliphatic hydroxyl groups is 8. The zero-order valence-electron chi connectivity index (χ0n) is 13.8. The first kappa shape index (κ1) is 24.5. The van der Waals surface area contributed by atoms with Crippen molar-refractivity contribution in [1.29, 1.82) is 0 Å². The zero-order valence-corrected chi connectivity index (χ0v) is 14.6. The molecule has 160 valence electrons. The van der Waals surface area contributed by atoms with Crippen molar-refractivity contribution in [2.24, 2.45) is 0 Å². The minimum Gasteiger partial charge on any atom is -0.394 e. The third-order valence-corrected chi connectivity index (χ3v) is 4.62. The molecule has 0 spiro atoms. The van der Waals surface area contributed by atoms with E-state index in [1.807, 2.05) is 0 Å². The molecular weight excluding hydrogens is 399 g/mol. The van der Waals surface area contributed by atoms with Gasteiger partial charge in [0.25, 0.3) is 0 Å². The Balaban J connectivity index is 2.65.